The summed E-state index contributed by atoms with van der Waals surface area (Å²) in [6.07, 6.45) is 0.165. The topological polar surface area (TPSA) is 98.0 Å². The molecule has 28 heavy (non-hydrogen) atoms. The van der Waals surface area contributed by atoms with Crippen LogP contribution in [0.3, 0.4) is 0 Å². The Morgan fingerprint density at radius 1 is 1.14 bits per heavy atom. The number of hydrogen-bond acceptors (Lipinski definition) is 3. The zero-order valence-electron chi connectivity index (χ0n) is 15.2. The number of benzene rings is 2. The van der Waals surface area contributed by atoms with Crippen molar-refractivity contribution < 1.29 is 9.90 Å². The van der Waals surface area contributed by atoms with Crippen LogP contribution in [0.1, 0.15) is 29.7 Å². The second-order valence-electron chi connectivity index (χ2n) is 7.37. The summed E-state index contributed by atoms with van der Waals surface area (Å²) in [6.45, 7) is 1.62. The van der Waals surface area contributed by atoms with Crippen LogP contribution in [0.5, 0.6) is 0 Å². The van der Waals surface area contributed by atoms with Gasteiger partial charge in [-0.2, -0.15) is 0 Å². The minimum absolute atomic E-state index is 0.165. The number of aromatic amines is 2. The highest BCUT2D eigenvalue weighted by molar-refractivity contribution is 6.30. The molecular weight excluding hydrogens is 378 g/mol. The highest BCUT2D eigenvalue weighted by Crippen LogP contribution is 2.44. The van der Waals surface area contributed by atoms with Gasteiger partial charge in [-0.3, -0.25) is 14.7 Å². The average Bonchev–Trinajstić information content (AvgIpc) is 3.01. The number of hydrogen-bond donors (Lipinski definition) is 4. The predicted molar refractivity (Wildman–Crippen MR) is 108 cm³/mol. The van der Waals surface area contributed by atoms with Crippen LogP contribution >= 0.6 is 11.6 Å². The number of rotatable bonds is 3. The molecule has 2 aromatic carbocycles. The van der Waals surface area contributed by atoms with E-state index in [-0.39, 0.29) is 17.9 Å². The van der Waals surface area contributed by atoms with E-state index < -0.39 is 17.4 Å². The number of aromatic nitrogens is 2. The third-order valence-corrected chi connectivity index (χ3v) is 5.55. The van der Waals surface area contributed by atoms with Crippen molar-refractivity contribution >= 4 is 23.2 Å². The fourth-order valence-corrected chi connectivity index (χ4v) is 4.20. The number of nitrogens with one attached hydrogen (secondary N) is 3. The Bertz CT molecular complexity index is 1050. The third-order valence-electron chi connectivity index (χ3n) is 5.30. The zero-order valence-corrected chi connectivity index (χ0v) is 16.0. The first-order valence-corrected chi connectivity index (χ1v) is 9.38. The number of amides is 1. The SMILES string of the molecule is C[C@@]1(O)Cc2[nH][nH]c(=O)c2[C@@H](c2ccc(Cl)cc2)[C@@H]1C(=O)Nc1ccccc1. The van der Waals surface area contributed by atoms with Gasteiger partial charge in [-0.05, 0) is 36.8 Å². The Morgan fingerprint density at radius 2 is 1.82 bits per heavy atom. The van der Waals surface area contributed by atoms with Gasteiger partial charge in [0.15, 0.2) is 0 Å². The first-order valence-electron chi connectivity index (χ1n) is 9.00. The van der Waals surface area contributed by atoms with Crippen molar-refractivity contribution in [3.8, 4) is 0 Å². The fourth-order valence-electron chi connectivity index (χ4n) is 4.07. The lowest BCUT2D eigenvalue weighted by atomic mass is 9.66. The molecule has 3 atom stereocenters. The minimum atomic E-state index is -1.36. The van der Waals surface area contributed by atoms with Gasteiger partial charge in [-0.15, -0.1) is 0 Å². The lowest BCUT2D eigenvalue weighted by molar-refractivity contribution is -0.130. The Labute approximate surface area is 166 Å². The number of carbonyl (C=O) groups excluding carboxylic acids is 1. The third kappa shape index (κ3) is 3.25. The van der Waals surface area contributed by atoms with E-state index in [1.807, 2.05) is 18.2 Å². The Kier molecular flexibility index (Phi) is 4.61. The standard InChI is InChI=1S/C21H20ClN3O3/c1-21(28)11-15-17(19(26)25-24-15)16(12-7-9-13(22)10-8-12)18(21)20(27)23-14-5-3-2-4-6-14/h2-10,16,18,28H,11H2,1H3,(H,23,27)(H2,24,25,26)/t16-,18-,21-/m1/s1. The summed E-state index contributed by atoms with van der Waals surface area (Å²) in [5, 5.41) is 20.1. The van der Waals surface area contributed by atoms with E-state index in [0.29, 0.717) is 22.0 Å². The summed E-state index contributed by atoms with van der Waals surface area (Å²) < 4.78 is 0. The van der Waals surface area contributed by atoms with Crippen LogP contribution in [0.2, 0.25) is 5.02 Å². The minimum Gasteiger partial charge on any atom is -0.389 e. The van der Waals surface area contributed by atoms with E-state index in [4.69, 9.17) is 11.6 Å². The number of anilines is 1. The maximum Gasteiger partial charge on any atom is 0.267 e. The fraction of sp³-hybridized carbons (Fsp3) is 0.238. The van der Waals surface area contributed by atoms with Crippen molar-refractivity contribution in [2.75, 3.05) is 5.32 Å². The monoisotopic (exact) mass is 397 g/mol. The maximum absolute atomic E-state index is 13.3. The van der Waals surface area contributed by atoms with Crippen LogP contribution in [0.4, 0.5) is 5.69 Å². The van der Waals surface area contributed by atoms with Gasteiger partial charge in [-0.25, -0.2) is 0 Å². The van der Waals surface area contributed by atoms with Gasteiger partial charge in [0.25, 0.3) is 5.56 Å². The maximum atomic E-state index is 13.3. The van der Waals surface area contributed by atoms with Gasteiger partial charge in [0, 0.05) is 34.3 Å². The Hall–Kier alpha value is -2.83. The molecule has 4 N–H and O–H groups in total. The summed E-state index contributed by atoms with van der Waals surface area (Å²) >= 11 is 6.02. The van der Waals surface area contributed by atoms with Gasteiger partial charge in [-0.1, -0.05) is 41.9 Å². The predicted octanol–water partition coefficient (Wildman–Crippen LogP) is 3.05. The molecule has 6 nitrogen and oxygen atoms in total. The largest absolute Gasteiger partial charge is 0.389 e. The van der Waals surface area contributed by atoms with Crippen molar-refractivity contribution in [1.82, 2.24) is 10.2 Å². The molecule has 1 aromatic heterocycles. The van der Waals surface area contributed by atoms with E-state index in [2.05, 4.69) is 15.5 Å². The molecule has 0 aliphatic heterocycles. The number of fused-ring (bicyclic) bond motifs is 1. The smallest absolute Gasteiger partial charge is 0.267 e. The number of carbonyl (C=O) groups is 1. The van der Waals surface area contributed by atoms with Crippen molar-refractivity contribution in [1.29, 1.82) is 0 Å². The van der Waals surface area contributed by atoms with Crippen molar-refractivity contribution in [2.24, 2.45) is 5.92 Å². The number of H-pyrrole nitrogens is 2. The van der Waals surface area contributed by atoms with E-state index in [1.54, 1.807) is 43.3 Å². The highest BCUT2D eigenvalue weighted by Gasteiger charge is 2.50. The highest BCUT2D eigenvalue weighted by atomic mass is 35.5. The molecule has 0 spiro atoms. The van der Waals surface area contributed by atoms with E-state index >= 15 is 0 Å². The van der Waals surface area contributed by atoms with E-state index in [9.17, 15) is 14.7 Å². The summed E-state index contributed by atoms with van der Waals surface area (Å²) in [5.41, 5.74) is 0.806. The van der Waals surface area contributed by atoms with Crippen LogP contribution in [-0.4, -0.2) is 26.8 Å². The van der Waals surface area contributed by atoms with Gasteiger partial charge >= 0.3 is 0 Å². The van der Waals surface area contributed by atoms with Crippen LogP contribution in [-0.2, 0) is 11.2 Å². The van der Waals surface area contributed by atoms with Crippen LogP contribution < -0.4 is 10.9 Å². The number of halogens is 1. The summed E-state index contributed by atoms with van der Waals surface area (Å²) in [4.78, 5) is 25.8. The molecule has 0 saturated heterocycles. The van der Waals surface area contributed by atoms with Crippen LogP contribution in [0.15, 0.2) is 59.4 Å². The molecule has 0 radical (unpaired) electrons. The molecule has 1 aliphatic rings. The van der Waals surface area contributed by atoms with Crippen LogP contribution in [0, 0.1) is 5.92 Å². The molecule has 1 amide bonds. The number of para-hydroxylation sites is 1. The number of aliphatic hydroxyl groups is 1. The van der Waals surface area contributed by atoms with Gasteiger partial charge in [0.05, 0.1) is 11.5 Å². The van der Waals surface area contributed by atoms with E-state index in [1.165, 1.54) is 0 Å². The molecule has 3 aromatic rings. The van der Waals surface area contributed by atoms with Crippen LogP contribution in [0.25, 0.3) is 0 Å². The second-order valence-corrected chi connectivity index (χ2v) is 7.80. The molecule has 0 unspecified atom stereocenters. The molecule has 4 rings (SSSR count). The molecule has 1 aliphatic carbocycles. The summed E-state index contributed by atoms with van der Waals surface area (Å²) in [5.74, 6) is -1.82. The van der Waals surface area contributed by atoms with Gasteiger partial charge in [0.2, 0.25) is 5.91 Å². The summed E-state index contributed by atoms with van der Waals surface area (Å²) in [6, 6.07) is 16.1. The first kappa shape index (κ1) is 18.5. The lowest BCUT2D eigenvalue weighted by Gasteiger charge is -2.41. The summed E-state index contributed by atoms with van der Waals surface area (Å²) in [7, 11) is 0. The zero-order chi connectivity index (χ0) is 19.9. The molecule has 1 heterocycles. The van der Waals surface area contributed by atoms with Crippen molar-refractivity contribution in [3.05, 3.63) is 86.8 Å². The molecular formula is C21H20ClN3O3. The van der Waals surface area contributed by atoms with Crippen molar-refractivity contribution in [2.45, 2.75) is 24.9 Å². The molecule has 0 bridgehead atoms. The van der Waals surface area contributed by atoms with E-state index in [0.717, 1.165) is 5.56 Å². The average molecular weight is 398 g/mol. The van der Waals surface area contributed by atoms with Crippen molar-refractivity contribution in [3.63, 3.8) is 0 Å². The van der Waals surface area contributed by atoms with Gasteiger partial charge in [0.1, 0.15) is 0 Å². The Morgan fingerprint density at radius 3 is 2.50 bits per heavy atom. The quantitative estimate of drug-likeness (QED) is 0.546. The molecule has 0 fully saturated rings. The molecule has 0 saturated carbocycles. The molecule has 7 heteroatoms. The lowest BCUT2D eigenvalue weighted by Crippen LogP contribution is -2.51. The normalized spacial score (nSPS) is 23.8. The first-order chi connectivity index (χ1) is 13.4. The second kappa shape index (κ2) is 6.96. The Balaban J connectivity index is 1.83. The molecule has 144 valence electrons. The van der Waals surface area contributed by atoms with Gasteiger partial charge < -0.3 is 15.5 Å².